The number of phosphoric acid groups is 1. The van der Waals surface area contributed by atoms with Crippen molar-refractivity contribution in [2.24, 2.45) is 0 Å². The van der Waals surface area contributed by atoms with Gasteiger partial charge in [0, 0.05) is 6.42 Å². The highest BCUT2D eigenvalue weighted by atomic mass is 31.2. The number of quaternary nitrogens is 1. The van der Waals surface area contributed by atoms with E-state index in [4.69, 9.17) is 9.05 Å². The number of allylic oxidation sites excluding steroid dienone is 8. The van der Waals surface area contributed by atoms with E-state index in [0.717, 1.165) is 77.0 Å². The van der Waals surface area contributed by atoms with Crippen LogP contribution in [0.25, 0.3) is 0 Å². The molecule has 0 aliphatic heterocycles. The molecule has 1 amide bonds. The summed E-state index contributed by atoms with van der Waals surface area (Å²) in [5.41, 5.74) is 0. The van der Waals surface area contributed by atoms with Crippen molar-refractivity contribution in [2.75, 3.05) is 40.9 Å². The highest BCUT2D eigenvalue weighted by Crippen LogP contribution is 2.38. The summed E-state index contributed by atoms with van der Waals surface area (Å²) in [5.74, 6) is -0.178. The Balaban J connectivity index is 4.26. The van der Waals surface area contributed by atoms with E-state index < -0.39 is 20.0 Å². The fraction of sp³-hybridized carbons (Fsp3) is 0.833. The molecule has 2 N–H and O–H groups in total. The number of nitrogens with zero attached hydrogens (tertiary/aromatic N) is 1. The topological polar surface area (TPSA) is 108 Å². The van der Waals surface area contributed by atoms with E-state index in [9.17, 15) is 19.4 Å². The van der Waals surface area contributed by atoms with Gasteiger partial charge >= 0.3 is 0 Å². The molecule has 0 aliphatic rings. The van der Waals surface area contributed by atoms with Gasteiger partial charge in [-0.15, -0.1) is 0 Å². The minimum atomic E-state index is -4.58. The third-order valence-electron chi connectivity index (χ3n) is 11.8. The van der Waals surface area contributed by atoms with Crippen LogP contribution in [0, 0.1) is 0 Å². The molecule has 9 heteroatoms. The maximum atomic E-state index is 12.9. The van der Waals surface area contributed by atoms with Gasteiger partial charge in [-0.1, -0.05) is 229 Å². The van der Waals surface area contributed by atoms with Crippen molar-refractivity contribution in [1.82, 2.24) is 5.32 Å². The summed E-state index contributed by atoms with van der Waals surface area (Å²) in [6.07, 6.45) is 58.4. The monoisotopic (exact) mass is 907 g/mol. The van der Waals surface area contributed by atoms with E-state index in [0.29, 0.717) is 23.9 Å². The lowest BCUT2D eigenvalue weighted by Crippen LogP contribution is -2.46. The van der Waals surface area contributed by atoms with Crippen molar-refractivity contribution in [3.05, 3.63) is 48.6 Å². The zero-order valence-corrected chi connectivity index (χ0v) is 42.9. The number of nitrogens with one attached hydrogen (secondary N) is 1. The Bertz CT molecular complexity index is 1170. The molecule has 3 atom stereocenters. The minimum Gasteiger partial charge on any atom is -0.756 e. The minimum absolute atomic E-state index is 0.00770. The number of amides is 1. The average Bonchev–Trinajstić information content (AvgIpc) is 3.24. The van der Waals surface area contributed by atoms with Crippen LogP contribution in [0.2, 0.25) is 0 Å². The van der Waals surface area contributed by atoms with Crippen molar-refractivity contribution >= 4 is 13.7 Å². The molecule has 3 unspecified atom stereocenters. The lowest BCUT2D eigenvalue weighted by molar-refractivity contribution is -0.870. The van der Waals surface area contributed by atoms with E-state index in [1.165, 1.54) is 135 Å². The average molecular weight is 907 g/mol. The number of carbonyl (C=O) groups excluding carboxylic acids is 1. The highest BCUT2D eigenvalue weighted by Gasteiger charge is 2.24. The molecular formula is C54H103N2O6P. The second kappa shape index (κ2) is 45.6. The maximum Gasteiger partial charge on any atom is 0.268 e. The number of phosphoric ester groups is 1. The number of likely N-dealkylation sites (N-methyl/N-ethyl adjacent to an activating group) is 1. The molecule has 0 heterocycles. The molecule has 0 aromatic rings. The molecule has 0 saturated carbocycles. The summed E-state index contributed by atoms with van der Waals surface area (Å²) >= 11 is 0. The van der Waals surface area contributed by atoms with E-state index in [2.05, 4.69) is 67.8 Å². The van der Waals surface area contributed by atoms with E-state index >= 15 is 0 Å². The molecule has 0 fully saturated rings. The number of carbonyl (C=O) groups is 1. The number of aliphatic hydroxyl groups is 1. The predicted molar refractivity (Wildman–Crippen MR) is 270 cm³/mol. The van der Waals surface area contributed by atoms with Gasteiger partial charge < -0.3 is 28.8 Å². The Hall–Kier alpha value is -1.54. The van der Waals surface area contributed by atoms with Crippen LogP contribution in [-0.4, -0.2) is 68.5 Å². The van der Waals surface area contributed by atoms with Gasteiger partial charge in [0.1, 0.15) is 13.2 Å². The molecule has 0 aromatic heterocycles. The number of rotatable bonds is 48. The fourth-order valence-corrected chi connectivity index (χ4v) is 8.40. The van der Waals surface area contributed by atoms with Crippen LogP contribution in [0.15, 0.2) is 48.6 Å². The van der Waals surface area contributed by atoms with Gasteiger partial charge in [-0.2, -0.15) is 0 Å². The van der Waals surface area contributed by atoms with Crippen LogP contribution < -0.4 is 10.2 Å². The summed E-state index contributed by atoms with van der Waals surface area (Å²) in [6.45, 7) is 4.61. The number of unbranched alkanes of at least 4 members (excludes halogenated alkanes) is 27. The Labute approximate surface area is 390 Å². The smallest absolute Gasteiger partial charge is 0.268 e. The maximum absolute atomic E-state index is 12.9. The van der Waals surface area contributed by atoms with Crippen LogP contribution in [0.3, 0.4) is 0 Å². The van der Waals surface area contributed by atoms with Gasteiger partial charge in [0.05, 0.1) is 39.9 Å². The van der Waals surface area contributed by atoms with E-state index in [1.54, 1.807) is 0 Å². The highest BCUT2D eigenvalue weighted by molar-refractivity contribution is 7.45. The zero-order valence-electron chi connectivity index (χ0n) is 42.0. The third kappa shape index (κ3) is 48.2. The standard InChI is InChI=1S/C54H103N2O6P/c1-6-8-10-12-14-16-18-20-22-24-26-27-28-30-31-33-35-37-39-41-43-45-47-53(57)52(51-62-63(59,60)61-50-49-56(3,4)5)55-54(58)48-46-44-42-40-38-36-34-32-29-25-23-21-19-17-15-13-11-9-7-2/h9,11,15,17,21,23,29,32,52-53,57H,6-8,10,12-14,16,18-20,22,24-28,30-31,33-51H2,1-5H3,(H-,55,58,59,60)/b11-9-,17-15-,23-21-,32-29-. The normalized spacial score (nSPS) is 14.5. The largest absolute Gasteiger partial charge is 0.756 e. The molecule has 0 aliphatic carbocycles. The van der Waals surface area contributed by atoms with Crippen LogP contribution in [-0.2, 0) is 18.4 Å². The van der Waals surface area contributed by atoms with Gasteiger partial charge in [0.25, 0.3) is 7.82 Å². The Morgan fingerprint density at radius 3 is 1.41 bits per heavy atom. The first kappa shape index (κ1) is 61.5. The first-order chi connectivity index (χ1) is 30.5. The predicted octanol–water partition coefficient (Wildman–Crippen LogP) is 15.0. The van der Waals surface area contributed by atoms with Crippen molar-refractivity contribution in [1.29, 1.82) is 0 Å². The number of hydrogen-bond acceptors (Lipinski definition) is 6. The van der Waals surface area contributed by atoms with Gasteiger partial charge in [-0.3, -0.25) is 9.36 Å². The molecule has 0 rings (SSSR count). The summed E-state index contributed by atoms with van der Waals surface area (Å²) < 4.78 is 23.4. The summed E-state index contributed by atoms with van der Waals surface area (Å²) in [7, 11) is 1.29. The van der Waals surface area contributed by atoms with Crippen LogP contribution >= 0.6 is 7.82 Å². The van der Waals surface area contributed by atoms with Gasteiger partial charge in [0.2, 0.25) is 5.91 Å². The Morgan fingerprint density at radius 1 is 0.571 bits per heavy atom. The van der Waals surface area contributed by atoms with Gasteiger partial charge in [-0.25, -0.2) is 0 Å². The Kier molecular flexibility index (Phi) is 44.5. The third-order valence-corrected chi connectivity index (χ3v) is 12.8. The molecule has 8 nitrogen and oxygen atoms in total. The van der Waals surface area contributed by atoms with Crippen LogP contribution in [0.1, 0.15) is 239 Å². The molecule has 0 aromatic carbocycles. The van der Waals surface area contributed by atoms with E-state index in [-0.39, 0.29) is 19.1 Å². The second-order valence-electron chi connectivity index (χ2n) is 19.2. The molecule has 370 valence electrons. The summed E-state index contributed by atoms with van der Waals surface area (Å²) in [6, 6.07) is -0.810. The number of aliphatic hydroxyl groups excluding tert-OH is 1. The molecule has 63 heavy (non-hydrogen) atoms. The SMILES string of the molecule is CC/C=C\C/C=C\C/C=C\C/C=C\CCCCCCCCC(=O)NC(COP(=O)([O-])OCC[N+](C)(C)C)C(O)CCCCCCCCCCCCCCCCCCCCCCCC. The van der Waals surface area contributed by atoms with Gasteiger partial charge in [0.15, 0.2) is 0 Å². The fourth-order valence-electron chi connectivity index (χ4n) is 7.68. The van der Waals surface area contributed by atoms with Gasteiger partial charge in [-0.05, 0) is 51.4 Å². The first-order valence-electron chi connectivity index (χ1n) is 26.5. The quantitative estimate of drug-likeness (QED) is 0.0272. The second-order valence-corrected chi connectivity index (χ2v) is 20.6. The molecular weight excluding hydrogens is 804 g/mol. The summed E-state index contributed by atoms with van der Waals surface area (Å²) in [5, 5.41) is 14.0. The van der Waals surface area contributed by atoms with E-state index in [1.807, 2.05) is 21.1 Å². The zero-order chi connectivity index (χ0) is 46.4. The summed E-state index contributed by atoms with van der Waals surface area (Å²) in [4.78, 5) is 25.5. The number of hydrogen-bond donors (Lipinski definition) is 2. The lowest BCUT2D eigenvalue weighted by Gasteiger charge is -2.30. The van der Waals surface area contributed by atoms with Crippen molar-refractivity contribution < 1.29 is 32.9 Å². The van der Waals surface area contributed by atoms with Crippen molar-refractivity contribution in [2.45, 2.75) is 251 Å². The molecule has 0 saturated heterocycles. The van der Waals surface area contributed by atoms with Crippen LogP contribution in [0.5, 0.6) is 0 Å². The lowest BCUT2D eigenvalue weighted by atomic mass is 10.0. The molecule has 0 radical (unpaired) electrons. The van der Waals surface area contributed by atoms with Crippen LogP contribution in [0.4, 0.5) is 0 Å². The van der Waals surface area contributed by atoms with Crippen molar-refractivity contribution in [3.8, 4) is 0 Å². The molecule has 0 bridgehead atoms. The first-order valence-corrected chi connectivity index (χ1v) is 27.9. The van der Waals surface area contributed by atoms with Crippen molar-refractivity contribution in [3.63, 3.8) is 0 Å². The Morgan fingerprint density at radius 2 is 0.968 bits per heavy atom. The molecule has 0 spiro atoms.